The topological polar surface area (TPSA) is 9.23 Å². The Hall–Kier alpha value is 1.41. The normalized spacial score (nSPS) is 4.50. The Kier molecular flexibility index (Phi) is 20.0. The molecule has 0 spiro atoms. The van der Waals surface area contributed by atoms with Crippen molar-refractivity contribution in [2.45, 2.75) is 0 Å². The average Bonchev–Trinajstić information content (AvgIpc) is 0.918. The van der Waals surface area contributed by atoms with Crippen LogP contribution in [0.15, 0.2) is 0 Å². The average molecular weight is 234 g/mol. The molecule has 0 aromatic rings. The monoisotopic (exact) mass is 232 g/mol. The fourth-order valence-electron chi connectivity index (χ4n) is 0. The second-order valence-corrected chi connectivity index (χ2v) is 1.57. The smallest absolute Gasteiger partial charge is 0.115 e. The predicted molar refractivity (Wildman–Crippen MR) is 18.9 cm³/mol. The molecule has 0 unspecified atom stereocenters. The summed E-state index contributed by atoms with van der Waals surface area (Å²) in [7, 11) is 0. The molecule has 0 N–H and O–H groups in total. The summed E-state index contributed by atoms with van der Waals surface area (Å²) in [6.07, 6.45) is 0. The molecule has 0 saturated carbocycles. The molecule has 0 saturated heterocycles. The van der Waals surface area contributed by atoms with E-state index in [0.717, 1.165) is 0 Å². The molecule has 4 heteroatoms. The summed E-state index contributed by atoms with van der Waals surface area (Å²) in [6.45, 7) is 0. The van der Waals surface area contributed by atoms with Crippen molar-refractivity contribution >= 4 is 32.5 Å². The quantitative estimate of drug-likeness (QED) is 0.579. The Morgan fingerprint density at radius 1 is 1.25 bits per heavy atom. The molecule has 0 aromatic carbocycles. The van der Waals surface area contributed by atoms with E-state index in [9.17, 15) is 0 Å². The molecule has 0 aromatic heterocycles. The van der Waals surface area contributed by atoms with Crippen molar-refractivity contribution < 1.29 is 19.4 Å². The first kappa shape index (κ1) is 9.05. The van der Waals surface area contributed by atoms with Crippen molar-refractivity contribution in [3.63, 3.8) is 0 Å². The molecule has 30 valence electrons. The summed E-state index contributed by atoms with van der Waals surface area (Å²) >= 11 is 5.12. The van der Waals surface area contributed by atoms with Crippen LogP contribution in [0.4, 0.5) is 0 Å². The first-order valence-electron chi connectivity index (χ1n) is 0.309. The molecule has 0 aliphatic heterocycles. The van der Waals surface area contributed by atoms with E-state index in [1.54, 1.807) is 0 Å². The van der Waals surface area contributed by atoms with E-state index in [-0.39, 0.29) is 16.5 Å². The Labute approximate surface area is 51.9 Å². The van der Waals surface area contributed by atoms with Gasteiger partial charge in [-0.05, 0) is 0 Å². The number of hydrogen-bond acceptors (Lipinski definition) is 1. The largest absolute Gasteiger partial charge is 0.230 e. The van der Waals surface area contributed by atoms with Crippen molar-refractivity contribution in [2.75, 3.05) is 0 Å². The second kappa shape index (κ2) is 8.83. The van der Waals surface area contributed by atoms with Crippen molar-refractivity contribution in [2.24, 2.45) is 0 Å². The number of halogens is 2. The van der Waals surface area contributed by atoms with Crippen LogP contribution in [0.2, 0.25) is 0 Å². The van der Waals surface area contributed by atoms with Crippen LogP contribution in [0, 0.1) is 0 Å². The summed E-state index contributed by atoms with van der Waals surface area (Å²) in [5, 5.41) is 0. The fraction of sp³-hybridized carbons (Fsp3) is 0. The van der Waals surface area contributed by atoms with Gasteiger partial charge in [0.15, 0.2) is 0 Å². The van der Waals surface area contributed by atoms with Crippen LogP contribution in [-0.4, -0.2) is 0 Å². The fourth-order valence-corrected chi connectivity index (χ4v) is 0. The van der Waals surface area contributed by atoms with Crippen molar-refractivity contribution in [1.29, 1.82) is 0 Å². The van der Waals surface area contributed by atoms with Gasteiger partial charge in [-0.2, -0.15) is 0 Å². The molecule has 0 radical (unpaired) electrons. The van der Waals surface area contributed by atoms with Crippen LogP contribution in [0.5, 0.6) is 0 Å². The summed E-state index contributed by atoms with van der Waals surface area (Å²) in [5.74, 6) is 0. The summed E-state index contributed by atoms with van der Waals surface area (Å²) in [5.41, 5.74) is 0. The Morgan fingerprint density at radius 2 is 1.25 bits per heavy atom. The first-order chi connectivity index (χ1) is 1.41. The SMILES string of the molecule is BrOBr.[Ni]. The molecule has 0 heterocycles. The van der Waals surface area contributed by atoms with Crippen LogP contribution >= 0.6 is 32.5 Å². The number of hydrogen-bond donors (Lipinski definition) is 0. The summed E-state index contributed by atoms with van der Waals surface area (Å²) < 4.78 is 3.88. The zero-order chi connectivity index (χ0) is 2.71. The van der Waals surface area contributed by atoms with E-state index >= 15 is 0 Å². The molecule has 0 bridgehead atoms. The van der Waals surface area contributed by atoms with Gasteiger partial charge in [0.1, 0.15) is 32.5 Å². The third kappa shape index (κ3) is 9.95. The Balaban J connectivity index is 0. The molecule has 0 fully saturated rings. The zero-order valence-electron chi connectivity index (χ0n) is 1.48. The van der Waals surface area contributed by atoms with E-state index < -0.39 is 0 Å². The van der Waals surface area contributed by atoms with E-state index in [4.69, 9.17) is 0 Å². The van der Waals surface area contributed by atoms with Crippen LogP contribution in [0.3, 0.4) is 0 Å². The van der Waals surface area contributed by atoms with E-state index in [1.807, 2.05) is 0 Å². The van der Waals surface area contributed by atoms with Crippen LogP contribution in [-0.2, 0) is 19.4 Å². The third-order valence-corrected chi connectivity index (χ3v) is 0. The maximum absolute atomic E-state index is 3.88. The zero-order valence-corrected chi connectivity index (χ0v) is 5.64. The molecule has 0 aliphatic rings. The minimum atomic E-state index is 0. The second-order valence-electron chi connectivity index (χ2n) is 0.0583. The van der Waals surface area contributed by atoms with Gasteiger partial charge in [0.05, 0.1) is 0 Å². The molecular weight excluding hydrogens is 234 g/mol. The molecular formula is Br2NiO. The van der Waals surface area contributed by atoms with Crippen LogP contribution in [0.25, 0.3) is 0 Å². The molecule has 0 rings (SSSR count). The minimum Gasteiger partial charge on any atom is -0.230 e. The molecule has 1 nitrogen and oxygen atoms in total. The van der Waals surface area contributed by atoms with Crippen LogP contribution in [0.1, 0.15) is 0 Å². The molecule has 4 heavy (non-hydrogen) atoms. The minimum absolute atomic E-state index is 0. The summed E-state index contributed by atoms with van der Waals surface area (Å²) in [6, 6.07) is 0. The standard InChI is InChI=1S/Br2O.Ni/c1-3-2;. The van der Waals surface area contributed by atoms with Gasteiger partial charge >= 0.3 is 0 Å². The maximum atomic E-state index is 3.88. The van der Waals surface area contributed by atoms with Gasteiger partial charge in [0.2, 0.25) is 0 Å². The van der Waals surface area contributed by atoms with Crippen molar-refractivity contribution in [1.82, 2.24) is 0 Å². The van der Waals surface area contributed by atoms with E-state index in [2.05, 4.69) is 35.4 Å². The van der Waals surface area contributed by atoms with E-state index in [0.29, 0.717) is 0 Å². The van der Waals surface area contributed by atoms with Crippen molar-refractivity contribution in [3.05, 3.63) is 0 Å². The van der Waals surface area contributed by atoms with E-state index in [1.165, 1.54) is 0 Å². The predicted octanol–water partition coefficient (Wildman–Crippen LogP) is 1.62. The first-order valence-corrected chi connectivity index (χ1v) is 1.60. The third-order valence-electron chi connectivity index (χ3n) is 0. The van der Waals surface area contributed by atoms with Gasteiger partial charge in [-0.25, -0.2) is 2.92 Å². The number of rotatable bonds is 0. The molecule has 0 aliphatic carbocycles. The Bertz CT molecular complexity index is 6.00. The Morgan fingerprint density at radius 3 is 1.25 bits per heavy atom. The van der Waals surface area contributed by atoms with Gasteiger partial charge in [-0.3, -0.25) is 0 Å². The van der Waals surface area contributed by atoms with Gasteiger partial charge in [-0.1, -0.05) is 0 Å². The van der Waals surface area contributed by atoms with Gasteiger partial charge in [0, 0.05) is 16.5 Å². The molecule has 0 atom stereocenters. The van der Waals surface area contributed by atoms with Crippen LogP contribution < -0.4 is 0 Å². The molecule has 0 amide bonds. The summed E-state index contributed by atoms with van der Waals surface area (Å²) in [4.78, 5) is 0. The van der Waals surface area contributed by atoms with Gasteiger partial charge in [-0.15, -0.1) is 0 Å². The van der Waals surface area contributed by atoms with Crippen molar-refractivity contribution in [3.8, 4) is 0 Å². The maximum Gasteiger partial charge on any atom is 0.115 e. The van der Waals surface area contributed by atoms with Gasteiger partial charge < -0.3 is 0 Å². The van der Waals surface area contributed by atoms with Gasteiger partial charge in [0.25, 0.3) is 0 Å².